The molecule has 1 unspecified atom stereocenters. The molecule has 2 atom stereocenters. The molecule has 0 aliphatic rings. The first kappa shape index (κ1) is 22.9. The Hall–Kier alpha value is -2.16. The van der Waals surface area contributed by atoms with Gasteiger partial charge in [-0.2, -0.15) is 0 Å². The van der Waals surface area contributed by atoms with Crippen LogP contribution in [0.25, 0.3) is 0 Å². The molecular weight excluding hydrogens is 372 g/mol. The molecule has 0 aromatic carbocycles. The second-order valence-electron chi connectivity index (χ2n) is 7.61. The summed E-state index contributed by atoms with van der Waals surface area (Å²) in [6.45, 7) is 10.5. The summed E-state index contributed by atoms with van der Waals surface area (Å²) in [5.41, 5.74) is -0.734. The monoisotopic (exact) mass is 400 g/mol. The molecule has 0 aliphatic heterocycles. The quantitative estimate of drug-likeness (QED) is 0.695. The smallest absolute Gasteiger partial charge is 0.410 e. The normalized spacial score (nSPS) is 13.8. The Bertz CT molecular complexity index is 680. The molecule has 0 spiro atoms. The molecule has 1 aromatic rings. The van der Waals surface area contributed by atoms with Crippen molar-refractivity contribution in [2.24, 2.45) is 5.92 Å². The van der Waals surface area contributed by atoms with Gasteiger partial charge in [0.25, 0.3) is 0 Å². The molecule has 1 heterocycles. The van der Waals surface area contributed by atoms with Crippen LogP contribution in [0.5, 0.6) is 0 Å². The second kappa shape index (κ2) is 9.16. The van der Waals surface area contributed by atoms with Crippen molar-refractivity contribution < 1.29 is 29.0 Å². The van der Waals surface area contributed by atoms with Gasteiger partial charge in [-0.25, -0.2) is 14.6 Å². The fourth-order valence-electron chi connectivity index (χ4n) is 2.50. The van der Waals surface area contributed by atoms with Crippen LogP contribution in [0.15, 0.2) is 5.38 Å². The highest BCUT2D eigenvalue weighted by Gasteiger charge is 2.32. The van der Waals surface area contributed by atoms with E-state index < -0.39 is 29.7 Å². The molecule has 1 N–H and O–H groups in total. The van der Waals surface area contributed by atoms with Gasteiger partial charge in [0, 0.05) is 31.8 Å². The third-order valence-corrected chi connectivity index (χ3v) is 4.67. The number of thiazole rings is 1. The average molecular weight is 400 g/mol. The van der Waals surface area contributed by atoms with Gasteiger partial charge in [-0.05, 0) is 26.7 Å². The lowest BCUT2D eigenvalue weighted by Crippen LogP contribution is -2.44. The summed E-state index contributed by atoms with van der Waals surface area (Å²) in [5, 5.41) is 10.8. The van der Waals surface area contributed by atoms with Crippen molar-refractivity contribution in [3.05, 3.63) is 16.1 Å². The van der Waals surface area contributed by atoms with Crippen LogP contribution in [-0.4, -0.2) is 51.7 Å². The first-order chi connectivity index (χ1) is 12.3. The lowest BCUT2D eigenvalue weighted by atomic mass is 9.96. The molecule has 27 heavy (non-hydrogen) atoms. The van der Waals surface area contributed by atoms with Gasteiger partial charge in [0.15, 0.2) is 11.8 Å². The standard InChI is InChI=1S/C18H28N2O6S/c1-10(2)13(20(7)17(24)26-18(4,5)6)8-14(25-11(3)21)15-19-12(9-27-15)16(22)23/h9-10,13-14H,8H2,1-7H3,(H,22,23)/t13-,14?/m1/s1. The third kappa shape index (κ3) is 7.16. The fourth-order valence-corrected chi connectivity index (χ4v) is 3.33. The molecule has 8 nitrogen and oxygen atoms in total. The number of aromatic nitrogens is 1. The maximum atomic E-state index is 12.4. The molecule has 0 saturated heterocycles. The van der Waals surface area contributed by atoms with Crippen LogP contribution in [0, 0.1) is 5.92 Å². The van der Waals surface area contributed by atoms with Crippen molar-refractivity contribution in [2.75, 3.05) is 7.05 Å². The summed E-state index contributed by atoms with van der Waals surface area (Å²) < 4.78 is 10.8. The number of rotatable bonds is 7. The zero-order valence-corrected chi connectivity index (χ0v) is 17.6. The summed E-state index contributed by atoms with van der Waals surface area (Å²) in [7, 11) is 1.63. The van der Waals surface area contributed by atoms with E-state index in [1.165, 1.54) is 17.2 Å². The molecule has 9 heteroatoms. The topological polar surface area (TPSA) is 106 Å². The number of hydrogen-bond donors (Lipinski definition) is 1. The van der Waals surface area contributed by atoms with Gasteiger partial charge < -0.3 is 19.5 Å². The third-order valence-electron chi connectivity index (χ3n) is 3.73. The minimum Gasteiger partial charge on any atom is -0.476 e. The van der Waals surface area contributed by atoms with Crippen LogP contribution in [0.2, 0.25) is 0 Å². The van der Waals surface area contributed by atoms with Crippen molar-refractivity contribution >= 4 is 29.4 Å². The van der Waals surface area contributed by atoms with Crippen molar-refractivity contribution in [2.45, 2.75) is 65.7 Å². The van der Waals surface area contributed by atoms with Crippen LogP contribution in [0.1, 0.15) is 69.6 Å². The number of amides is 1. The van der Waals surface area contributed by atoms with Gasteiger partial charge in [0.2, 0.25) is 0 Å². The van der Waals surface area contributed by atoms with E-state index in [4.69, 9.17) is 14.6 Å². The first-order valence-corrected chi connectivity index (χ1v) is 9.51. The average Bonchev–Trinajstić information content (AvgIpc) is 2.98. The number of nitrogens with zero attached hydrogens (tertiary/aromatic N) is 2. The van der Waals surface area contributed by atoms with E-state index in [1.54, 1.807) is 27.8 Å². The number of hydrogen-bond acceptors (Lipinski definition) is 7. The Morgan fingerprint density at radius 2 is 1.89 bits per heavy atom. The van der Waals surface area contributed by atoms with Gasteiger partial charge in [0.05, 0.1) is 0 Å². The van der Waals surface area contributed by atoms with E-state index in [0.29, 0.717) is 5.01 Å². The zero-order valence-electron chi connectivity index (χ0n) is 16.8. The largest absolute Gasteiger partial charge is 0.476 e. The second-order valence-corrected chi connectivity index (χ2v) is 8.50. The Kier molecular flexibility index (Phi) is 7.77. The lowest BCUT2D eigenvalue weighted by molar-refractivity contribution is -0.147. The number of carbonyl (C=O) groups is 3. The van der Waals surface area contributed by atoms with E-state index in [1.807, 2.05) is 13.8 Å². The predicted molar refractivity (Wildman–Crippen MR) is 101 cm³/mol. The summed E-state index contributed by atoms with van der Waals surface area (Å²) >= 11 is 1.11. The van der Waals surface area contributed by atoms with Crippen LogP contribution in [0.3, 0.4) is 0 Å². The van der Waals surface area contributed by atoms with Crippen molar-refractivity contribution in [1.29, 1.82) is 0 Å². The van der Waals surface area contributed by atoms with Crippen LogP contribution in [0.4, 0.5) is 4.79 Å². The number of aromatic carboxylic acids is 1. The molecule has 0 bridgehead atoms. The molecule has 0 saturated carbocycles. The molecule has 0 radical (unpaired) electrons. The van der Waals surface area contributed by atoms with Gasteiger partial charge in [-0.3, -0.25) is 4.79 Å². The Morgan fingerprint density at radius 3 is 2.30 bits per heavy atom. The van der Waals surface area contributed by atoms with Crippen LogP contribution < -0.4 is 0 Å². The van der Waals surface area contributed by atoms with E-state index in [-0.39, 0.29) is 24.1 Å². The van der Waals surface area contributed by atoms with Crippen LogP contribution in [-0.2, 0) is 14.3 Å². The number of esters is 1. The Labute approximate surface area is 163 Å². The minimum atomic E-state index is -1.15. The van der Waals surface area contributed by atoms with E-state index in [0.717, 1.165) is 11.3 Å². The lowest BCUT2D eigenvalue weighted by Gasteiger charge is -2.34. The number of carboxylic acid groups (broad SMARTS) is 1. The minimum absolute atomic E-state index is 0.0412. The van der Waals surface area contributed by atoms with Crippen LogP contribution >= 0.6 is 11.3 Å². The van der Waals surface area contributed by atoms with E-state index in [2.05, 4.69) is 4.98 Å². The molecule has 0 fully saturated rings. The SMILES string of the molecule is CC(=O)OC(C[C@H](C(C)C)N(C)C(=O)OC(C)(C)C)c1nc(C(=O)O)cs1. The number of ether oxygens (including phenoxy) is 2. The number of carboxylic acids is 1. The Balaban J connectivity index is 3.07. The van der Waals surface area contributed by atoms with Crippen molar-refractivity contribution in [1.82, 2.24) is 9.88 Å². The maximum absolute atomic E-state index is 12.4. The predicted octanol–water partition coefficient (Wildman–Crippen LogP) is 3.73. The molecule has 152 valence electrons. The molecule has 1 aromatic heterocycles. The molecule has 0 aliphatic carbocycles. The first-order valence-electron chi connectivity index (χ1n) is 8.63. The maximum Gasteiger partial charge on any atom is 0.410 e. The van der Waals surface area contributed by atoms with Gasteiger partial charge in [-0.1, -0.05) is 13.8 Å². The summed E-state index contributed by atoms with van der Waals surface area (Å²) in [6, 6.07) is -0.304. The molecule has 1 rings (SSSR count). The summed E-state index contributed by atoms with van der Waals surface area (Å²) in [6.07, 6.45) is -0.953. The van der Waals surface area contributed by atoms with Gasteiger partial charge in [0.1, 0.15) is 10.6 Å². The van der Waals surface area contributed by atoms with E-state index >= 15 is 0 Å². The number of carbonyl (C=O) groups excluding carboxylic acids is 2. The van der Waals surface area contributed by atoms with Gasteiger partial charge in [-0.15, -0.1) is 11.3 Å². The Morgan fingerprint density at radius 1 is 1.30 bits per heavy atom. The van der Waals surface area contributed by atoms with Crippen molar-refractivity contribution in [3.63, 3.8) is 0 Å². The highest BCUT2D eigenvalue weighted by atomic mass is 32.1. The highest BCUT2D eigenvalue weighted by Crippen LogP contribution is 2.30. The van der Waals surface area contributed by atoms with E-state index in [9.17, 15) is 14.4 Å². The highest BCUT2D eigenvalue weighted by molar-refractivity contribution is 7.09. The van der Waals surface area contributed by atoms with Gasteiger partial charge >= 0.3 is 18.0 Å². The van der Waals surface area contributed by atoms with Crippen molar-refractivity contribution in [3.8, 4) is 0 Å². The zero-order chi connectivity index (χ0) is 20.9. The summed E-state index contributed by atoms with van der Waals surface area (Å²) in [4.78, 5) is 40.6. The molecule has 1 amide bonds. The fraction of sp³-hybridized carbons (Fsp3) is 0.667. The molecular formula is C18H28N2O6S. The summed E-state index contributed by atoms with van der Waals surface area (Å²) in [5.74, 6) is -1.61.